The highest BCUT2D eigenvalue weighted by Gasteiger charge is 2.16. The first kappa shape index (κ1) is 15.5. The predicted octanol–water partition coefficient (Wildman–Crippen LogP) is 2.30. The molecule has 0 amide bonds. The Kier molecular flexibility index (Phi) is 4.29. The van der Waals surface area contributed by atoms with Gasteiger partial charge in [-0.2, -0.15) is 5.10 Å². The molecule has 122 valence electrons. The number of fused-ring (bicyclic) bond motifs is 1. The molecular formula is C16H22N6O. The minimum Gasteiger partial charge on any atom is -0.461 e. The molecule has 0 aromatic carbocycles. The maximum atomic E-state index is 5.44. The van der Waals surface area contributed by atoms with E-state index in [-0.39, 0.29) is 0 Å². The van der Waals surface area contributed by atoms with E-state index in [1.54, 1.807) is 6.26 Å². The molecule has 0 bridgehead atoms. The molecule has 0 radical (unpaired) electrons. The lowest BCUT2D eigenvalue weighted by Crippen LogP contribution is -2.17. The van der Waals surface area contributed by atoms with Gasteiger partial charge in [-0.3, -0.25) is 4.68 Å². The fraction of sp³-hybridized carbons (Fsp3) is 0.438. The van der Waals surface area contributed by atoms with Crippen LogP contribution < -0.4 is 5.32 Å². The molecule has 23 heavy (non-hydrogen) atoms. The molecule has 3 heterocycles. The number of nitrogens with one attached hydrogen (secondary N) is 1. The Hall–Kier alpha value is -2.41. The fourth-order valence-corrected chi connectivity index (χ4v) is 2.42. The third-order valence-corrected chi connectivity index (χ3v) is 3.78. The van der Waals surface area contributed by atoms with Crippen LogP contribution in [0.4, 0.5) is 5.82 Å². The molecule has 3 aromatic heterocycles. The summed E-state index contributed by atoms with van der Waals surface area (Å²) in [6.45, 7) is 3.86. The third-order valence-electron chi connectivity index (χ3n) is 3.78. The van der Waals surface area contributed by atoms with E-state index in [1.807, 2.05) is 30.8 Å². The van der Waals surface area contributed by atoms with Crippen LogP contribution in [0.5, 0.6) is 0 Å². The summed E-state index contributed by atoms with van der Waals surface area (Å²) in [5, 5.41) is 7.93. The lowest BCUT2D eigenvalue weighted by molar-refractivity contribution is 0.405. The number of aromatic nitrogens is 4. The molecule has 0 spiro atoms. The average molecular weight is 314 g/mol. The summed E-state index contributed by atoms with van der Waals surface area (Å²) >= 11 is 0. The highest BCUT2D eigenvalue weighted by molar-refractivity contribution is 5.88. The van der Waals surface area contributed by atoms with Crippen molar-refractivity contribution in [1.29, 1.82) is 0 Å². The summed E-state index contributed by atoms with van der Waals surface area (Å²) in [7, 11) is 6.05. The molecule has 0 aliphatic rings. The number of rotatable bonds is 6. The maximum absolute atomic E-state index is 5.44. The van der Waals surface area contributed by atoms with Gasteiger partial charge in [-0.1, -0.05) is 0 Å². The lowest BCUT2D eigenvalue weighted by Gasteiger charge is -2.10. The van der Waals surface area contributed by atoms with Crippen molar-refractivity contribution in [2.24, 2.45) is 7.05 Å². The minimum atomic E-state index is 0.578. The van der Waals surface area contributed by atoms with Gasteiger partial charge in [0.15, 0.2) is 22.9 Å². The zero-order valence-electron chi connectivity index (χ0n) is 14.0. The van der Waals surface area contributed by atoms with Crippen molar-refractivity contribution >= 4 is 16.9 Å². The molecule has 0 saturated heterocycles. The van der Waals surface area contributed by atoms with Gasteiger partial charge in [0.1, 0.15) is 5.52 Å². The Labute approximate surface area is 135 Å². The van der Waals surface area contributed by atoms with Crippen LogP contribution >= 0.6 is 0 Å². The summed E-state index contributed by atoms with van der Waals surface area (Å²) in [5.74, 6) is 1.99. The lowest BCUT2D eigenvalue weighted by atomic mass is 10.3. The Balaban J connectivity index is 1.95. The molecule has 0 aliphatic carbocycles. The second-order valence-electron chi connectivity index (χ2n) is 5.86. The molecule has 0 atom stereocenters. The van der Waals surface area contributed by atoms with E-state index in [0.717, 1.165) is 42.1 Å². The molecule has 0 aliphatic heterocycles. The summed E-state index contributed by atoms with van der Waals surface area (Å²) in [6, 6.07) is 3.70. The predicted molar refractivity (Wildman–Crippen MR) is 90.4 cm³/mol. The van der Waals surface area contributed by atoms with Gasteiger partial charge in [0, 0.05) is 13.6 Å². The summed E-state index contributed by atoms with van der Waals surface area (Å²) in [4.78, 5) is 11.4. The van der Waals surface area contributed by atoms with Crippen molar-refractivity contribution in [3.05, 3.63) is 24.1 Å². The summed E-state index contributed by atoms with van der Waals surface area (Å²) in [5.41, 5.74) is 2.65. The van der Waals surface area contributed by atoms with Crippen molar-refractivity contribution in [1.82, 2.24) is 24.6 Å². The maximum Gasteiger partial charge on any atom is 0.198 e. The van der Waals surface area contributed by atoms with E-state index in [0.29, 0.717) is 11.6 Å². The van der Waals surface area contributed by atoms with Gasteiger partial charge in [-0.15, -0.1) is 0 Å². The van der Waals surface area contributed by atoms with Gasteiger partial charge in [-0.25, -0.2) is 9.97 Å². The van der Waals surface area contributed by atoms with Crippen LogP contribution in [-0.4, -0.2) is 51.8 Å². The average Bonchev–Trinajstić information content (AvgIpc) is 3.14. The van der Waals surface area contributed by atoms with Gasteiger partial charge in [0.2, 0.25) is 0 Å². The molecule has 7 nitrogen and oxygen atoms in total. The van der Waals surface area contributed by atoms with E-state index in [9.17, 15) is 0 Å². The van der Waals surface area contributed by atoms with E-state index in [1.165, 1.54) is 0 Å². The van der Waals surface area contributed by atoms with E-state index < -0.39 is 0 Å². The first-order valence-corrected chi connectivity index (χ1v) is 7.70. The van der Waals surface area contributed by atoms with E-state index >= 15 is 0 Å². The SMILES string of the molecule is Cc1c2nc(-c3ccco3)nc(NCCCN(C)C)c2nn1C. The smallest absolute Gasteiger partial charge is 0.198 e. The quantitative estimate of drug-likeness (QED) is 0.704. The van der Waals surface area contributed by atoms with Crippen LogP contribution in [0.15, 0.2) is 22.8 Å². The molecule has 0 fully saturated rings. The van der Waals surface area contributed by atoms with Crippen LogP contribution in [0.2, 0.25) is 0 Å². The number of anilines is 1. The monoisotopic (exact) mass is 314 g/mol. The van der Waals surface area contributed by atoms with Gasteiger partial charge in [-0.05, 0) is 46.1 Å². The van der Waals surface area contributed by atoms with Gasteiger partial charge < -0.3 is 14.6 Å². The second-order valence-corrected chi connectivity index (χ2v) is 5.86. The first-order valence-electron chi connectivity index (χ1n) is 7.70. The van der Waals surface area contributed by atoms with Crippen LogP contribution in [0.1, 0.15) is 12.1 Å². The van der Waals surface area contributed by atoms with Crippen molar-refractivity contribution in [2.45, 2.75) is 13.3 Å². The molecule has 3 aromatic rings. The van der Waals surface area contributed by atoms with Gasteiger partial charge in [0.05, 0.1) is 12.0 Å². The van der Waals surface area contributed by atoms with Crippen LogP contribution in [-0.2, 0) is 7.05 Å². The Morgan fingerprint density at radius 3 is 2.78 bits per heavy atom. The summed E-state index contributed by atoms with van der Waals surface area (Å²) in [6.07, 6.45) is 2.66. The Morgan fingerprint density at radius 2 is 2.09 bits per heavy atom. The first-order chi connectivity index (χ1) is 11.1. The highest BCUT2D eigenvalue weighted by atomic mass is 16.3. The van der Waals surface area contributed by atoms with E-state index in [4.69, 9.17) is 4.42 Å². The molecular weight excluding hydrogens is 292 g/mol. The normalized spacial score (nSPS) is 11.5. The number of hydrogen-bond donors (Lipinski definition) is 1. The summed E-state index contributed by atoms with van der Waals surface area (Å²) < 4.78 is 7.27. The van der Waals surface area contributed by atoms with Crippen molar-refractivity contribution in [2.75, 3.05) is 32.5 Å². The minimum absolute atomic E-state index is 0.578. The number of aryl methyl sites for hydroxylation is 2. The number of nitrogens with zero attached hydrogens (tertiary/aromatic N) is 5. The third kappa shape index (κ3) is 3.19. The van der Waals surface area contributed by atoms with Crippen molar-refractivity contribution < 1.29 is 4.42 Å². The van der Waals surface area contributed by atoms with Crippen molar-refractivity contribution in [3.8, 4) is 11.6 Å². The number of furan rings is 1. The van der Waals surface area contributed by atoms with Crippen LogP contribution in [0, 0.1) is 6.92 Å². The van der Waals surface area contributed by atoms with Crippen LogP contribution in [0.25, 0.3) is 22.6 Å². The molecule has 1 N–H and O–H groups in total. The number of hydrogen-bond acceptors (Lipinski definition) is 6. The topological polar surface area (TPSA) is 72.0 Å². The molecule has 3 rings (SSSR count). The van der Waals surface area contributed by atoms with E-state index in [2.05, 4.69) is 39.4 Å². The molecule has 0 saturated carbocycles. The van der Waals surface area contributed by atoms with Crippen LogP contribution in [0.3, 0.4) is 0 Å². The Bertz CT molecular complexity index is 791. The molecule has 0 unspecified atom stereocenters. The second kappa shape index (κ2) is 6.37. The zero-order valence-corrected chi connectivity index (χ0v) is 14.0. The largest absolute Gasteiger partial charge is 0.461 e. The fourth-order valence-electron chi connectivity index (χ4n) is 2.42. The Morgan fingerprint density at radius 1 is 1.26 bits per heavy atom. The standard InChI is InChI=1S/C16H22N6O/c1-11-13-14(20-22(11)4)16(17-8-6-9-21(2)3)19-15(18-13)12-7-5-10-23-12/h5,7,10H,6,8-9H2,1-4H3,(H,17,18,19). The zero-order chi connectivity index (χ0) is 16.4. The van der Waals surface area contributed by atoms with Gasteiger partial charge in [0.25, 0.3) is 0 Å². The molecule has 7 heteroatoms. The van der Waals surface area contributed by atoms with Crippen molar-refractivity contribution in [3.63, 3.8) is 0 Å². The van der Waals surface area contributed by atoms with Gasteiger partial charge >= 0.3 is 0 Å². The highest BCUT2D eigenvalue weighted by Crippen LogP contribution is 2.26.